The molecule has 2 aliphatic heterocycles. The van der Waals surface area contributed by atoms with Crippen molar-refractivity contribution in [1.29, 1.82) is 0 Å². The third-order valence-electron chi connectivity index (χ3n) is 4.70. The molecule has 0 unspecified atom stereocenters. The Balaban J connectivity index is 1.88. The summed E-state index contributed by atoms with van der Waals surface area (Å²) >= 11 is 0. The van der Waals surface area contributed by atoms with Crippen molar-refractivity contribution < 1.29 is 27.5 Å². The number of carbonyl (C=O) groups is 2. The van der Waals surface area contributed by atoms with E-state index < -0.39 is 28.5 Å². The monoisotopic (exact) mass is 411 g/mol. The Labute approximate surface area is 164 Å². The van der Waals surface area contributed by atoms with Crippen molar-refractivity contribution in [3.05, 3.63) is 18.2 Å². The molecule has 3 rings (SSSR count). The number of amides is 1. The molecule has 0 saturated carbocycles. The fraction of sp³-hybridized carbons (Fsp3) is 0.556. The number of hydrogen-bond acceptors (Lipinski definition) is 7. The van der Waals surface area contributed by atoms with Crippen LogP contribution < -0.4 is 10.2 Å². The highest BCUT2D eigenvalue weighted by molar-refractivity contribution is 7.89. The summed E-state index contributed by atoms with van der Waals surface area (Å²) < 4.78 is 37.2. The van der Waals surface area contributed by atoms with Crippen LogP contribution in [0.3, 0.4) is 0 Å². The fourth-order valence-corrected chi connectivity index (χ4v) is 4.73. The van der Waals surface area contributed by atoms with Crippen LogP contribution in [0.1, 0.15) is 19.8 Å². The van der Waals surface area contributed by atoms with E-state index in [0.717, 1.165) is 31.6 Å². The van der Waals surface area contributed by atoms with Gasteiger partial charge in [0.2, 0.25) is 10.0 Å². The van der Waals surface area contributed by atoms with E-state index in [1.165, 1.54) is 17.3 Å². The van der Waals surface area contributed by atoms with Crippen molar-refractivity contribution in [3.63, 3.8) is 0 Å². The van der Waals surface area contributed by atoms with E-state index >= 15 is 0 Å². The van der Waals surface area contributed by atoms with Gasteiger partial charge in [0.15, 0.2) is 6.61 Å². The summed E-state index contributed by atoms with van der Waals surface area (Å²) in [6.07, 6.45) is 2.07. The molecule has 0 aliphatic carbocycles. The number of carbonyl (C=O) groups excluding carboxylic acids is 2. The summed E-state index contributed by atoms with van der Waals surface area (Å²) in [6.45, 7) is 3.78. The van der Waals surface area contributed by atoms with E-state index in [4.69, 9.17) is 9.47 Å². The minimum Gasteiger partial charge on any atom is -0.456 e. The molecule has 2 saturated heterocycles. The Kier molecular flexibility index (Phi) is 6.53. The quantitative estimate of drug-likeness (QED) is 0.691. The van der Waals surface area contributed by atoms with Gasteiger partial charge in [-0.2, -0.15) is 4.31 Å². The SMILES string of the molecule is CC(=O)OCC(=O)Nc1cc(S(=O)(=O)N2CCOCC2)ccc1N1CCCC1. The number of hydrogen-bond donors (Lipinski definition) is 1. The Morgan fingerprint density at radius 1 is 1.14 bits per heavy atom. The van der Waals surface area contributed by atoms with Crippen molar-refractivity contribution >= 4 is 33.3 Å². The maximum atomic E-state index is 12.9. The van der Waals surface area contributed by atoms with Gasteiger partial charge in [-0.3, -0.25) is 9.59 Å². The van der Waals surface area contributed by atoms with E-state index in [-0.39, 0.29) is 4.90 Å². The maximum Gasteiger partial charge on any atom is 0.303 e. The summed E-state index contributed by atoms with van der Waals surface area (Å²) in [6, 6.07) is 4.77. The number of ether oxygens (including phenoxy) is 2. The van der Waals surface area contributed by atoms with Gasteiger partial charge in [0, 0.05) is 33.1 Å². The zero-order valence-corrected chi connectivity index (χ0v) is 16.7. The van der Waals surface area contributed by atoms with Crippen LogP contribution in [-0.2, 0) is 29.1 Å². The molecule has 28 heavy (non-hydrogen) atoms. The second-order valence-corrected chi connectivity index (χ2v) is 8.66. The summed E-state index contributed by atoms with van der Waals surface area (Å²) in [5, 5.41) is 2.69. The van der Waals surface area contributed by atoms with E-state index in [2.05, 4.69) is 10.2 Å². The first-order valence-electron chi connectivity index (χ1n) is 9.28. The Hall–Kier alpha value is -2.17. The highest BCUT2D eigenvalue weighted by Gasteiger charge is 2.28. The van der Waals surface area contributed by atoms with Gasteiger partial charge < -0.3 is 19.7 Å². The molecule has 2 aliphatic rings. The molecule has 0 aromatic heterocycles. The lowest BCUT2D eigenvalue weighted by Crippen LogP contribution is -2.40. The van der Waals surface area contributed by atoms with Crippen molar-refractivity contribution in [1.82, 2.24) is 4.31 Å². The molecule has 0 bridgehead atoms. The molecule has 1 amide bonds. The molecule has 2 heterocycles. The number of benzene rings is 1. The molecular formula is C18H25N3O6S. The standard InChI is InChI=1S/C18H25N3O6S/c1-14(22)27-13-18(23)19-16-12-15(4-5-17(16)20-6-2-3-7-20)28(24,25)21-8-10-26-11-9-21/h4-5,12H,2-3,6-11,13H2,1H3,(H,19,23). The zero-order chi connectivity index (χ0) is 20.1. The van der Waals surface area contributed by atoms with Crippen molar-refractivity contribution in [3.8, 4) is 0 Å². The van der Waals surface area contributed by atoms with E-state index in [1.54, 1.807) is 12.1 Å². The van der Waals surface area contributed by atoms with Gasteiger partial charge in [0.1, 0.15) is 0 Å². The smallest absolute Gasteiger partial charge is 0.303 e. The van der Waals surface area contributed by atoms with Crippen LogP contribution in [0.25, 0.3) is 0 Å². The highest BCUT2D eigenvalue weighted by atomic mass is 32.2. The first-order chi connectivity index (χ1) is 13.4. The second kappa shape index (κ2) is 8.89. The molecule has 2 fully saturated rings. The predicted molar refractivity (Wildman–Crippen MR) is 103 cm³/mol. The predicted octanol–water partition coefficient (Wildman–Crippen LogP) is 0.809. The van der Waals surface area contributed by atoms with E-state index in [1.807, 2.05) is 0 Å². The number of anilines is 2. The Morgan fingerprint density at radius 3 is 2.46 bits per heavy atom. The molecule has 9 nitrogen and oxygen atoms in total. The molecule has 0 spiro atoms. The molecule has 1 aromatic carbocycles. The minimum absolute atomic E-state index is 0.111. The number of nitrogens with zero attached hydrogens (tertiary/aromatic N) is 2. The Morgan fingerprint density at radius 2 is 1.82 bits per heavy atom. The lowest BCUT2D eigenvalue weighted by atomic mass is 10.2. The highest BCUT2D eigenvalue weighted by Crippen LogP contribution is 2.32. The molecule has 1 N–H and O–H groups in total. The van der Waals surface area contributed by atoms with Crippen LogP contribution in [0.5, 0.6) is 0 Å². The first kappa shape index (κ1) is 20.6. The number of rotatable bonds is 6. The number of morpholine rings is 1. The molecular weight excluding hydrogens is 386 g/mol. The summed E-state index contributed by atoms with van der Waals surface area (Å²) in [4.78, 5) is 25.3. The van der Waals surface area contributed by atoms with Crippen molar-refractivity contribution in [2.45, 2.75) is 24.7 Å². The van der Waals surface area contributed by atoms with Gasteiger partial charge >= 0.3 is 5.97 Å². The van der Waals surface area contributed by atoms with Crippen LogP contribution in [0.15, 0.2) is 23.1 Å². The lowest BCUT2D eigenvalue weighted by molar-refractivity contribution is -0.144. The van der Waals surface area contributed by atoms with Crippen LogP contribution in [-0.4, -0.2) is 70.6 Å². The van der Waals surface area contributed by atoms with Crippen LogP contribution in [0.2, 0.25) is 0 Å². The van der Waals surface area contributed by atoms with Gasteiger partial charge in [-0.1, -0.05) is 0 Å². The van der Waals surface area contributed by atoms with Crippen LogP contribution >= 0.6 is 0 Å². The number of nitrogens with one attached hydrogen (secondary N) is 1. The molecule has 0 radical (unpaired) electrons. The summed E-state index contributed by atoms with van der Waals surface area (Å²) in [5.74, 6) is -1.07. The third-order valence-corrected chi connectivity index (χ3v) is 6.60. The van der Waals surface area contributed by atoms with Crippen molar-refractivity contribution in [2.75, 3.05) is 56.2 Å². The van der Waals surface area contributed by atoms with Gasteiger partial charge in [-0.25, -0.2) is 8.42 Å². The van der Waals surface area contributed by atoms with Crippen molar-refractivity contribution in [2.24, 2.45) is 0 Å². The largest absolute Gasteiger partial charge is 0.456 e. The fourth-order valence-electron chi connectivity index (χ4n) is 3.30. The maximum absolute atomic E-state index is 12.9. The average molecular weight is 411 g/mol. The lowest BCUT2D eigenvalue weighted by Gasteiger charge is -2.27. The summed E-state index contributed by atoms with van der Waals surface area (Å²) in [7, 11) is -3.69. The summed E-state index contributed by atoms with van der Waals surface area (Å²) in [5.41, 5.74) is 1.16. The first-order valence-corrected chi connectivity index (χ1v) is 10.7. The topological polar surface area (TPSA) is 105 Å². The molecule has 0 atom stereocenters. The molecule has 1 aromatic rings. The normalized spacial score (nSPS) is 18.1. The minimum atomic E-state index is -3.69. The van der Waals surface area contributed by atoms with Crippen LogP contribution in [0, 0.1) is 0 Å². The average Bonchev–Trinajstić information content (AvgIpc) is 3.21. The van der Waals surface area contributed by atoms with Gasteiger partial charge in [-0.05, 0) is 31.0 Å². The van der Waals surface area contributed by atoms with Crippen LogP contribution in [0.4, 0.5) is 11.4 Å². The number of esters is 1. The third kappa shape index (κ3) is 4.81. The van der Waals surface area contributed by atoms with E-state index in [9.17, 15) is 18.0 Å². The molecule has 10 heteroatoms. The van der Waals surface area contributed by atoms with Gasteiger partial charge in [0.25, 0.3) is 5.91 Å². The molecule has 154 valence electrons. The number of sulfonamides is 1. The second-order valence-electron chi connectivity index (χ2n) is 6.72. The van der Waals surface area contributed by atoms with E-state index in [0.29, 0.717) is 32.0 Å². The Bertz CT molecular complexity index is 830. The van der Waals surface area contributed by atoms with Gasteiger partial charge in [-0.15, -0.1) is 0 Å². The van der Waals surface area contributed by atoms with Gasteiger partial charge in [0.05, 0.1) is 29.5 Å². The zero-order valence-electron chi connectivity index (χ0n) is 15.8.